The van der Waals surface area contributed by atoms with Gasteiger partial charge in [0.1, 0.15) is 5.82 Å². The summed E-state index contributed by atoms with van der Waals surface area (Å²) in [5.41, 5.74) is 2.44. The molecule has 1 aliphatic rings. The second kappa shape index (κ2) is 5.61. The van der Waals surface area contributed by atoms with Crippen molar-refractivity contribution in [1.82, 2.24) is 10.2 Å². The van der Waals surface area contributed by atoms with Crippen molar-refractivity contribution in [2.45, 2.75) is 5.25 Å². The molecule has 0 saturated carbocycles. The Morgan fingerprint density at radius 3 is 2.86 bits per heavy atom. The molecule has 6 nitrogen and oxygen atoms in total. The molecule has 0 saturated heterocycles. The third-order valence-electron chi connectivity index (χ3n) is 3.23. The summed E-state index contributed by atoms with van der Waals surface area (Å²) in [4.78, 5) is 23.1. The third-order valence-corrected chi connectivity index (χ3v) is 4.52. The molecule has 21 heavy (non-hydrogen) atoms. The standard InChI is InChI=1S/C14H13N3O3S/c1-20-14(19)9-4-2-8(3-5-9)12-10-6-15-17-13(10)16-11(18)7-21-12/h2-6,12H,7H2,1H3,(H2,15,16,17,18)/t12-/m0/s1. The fourth-order valence-electron chi connectivity index (χ4n) is 2.21. The summed E-state index contributed by atoms with van der Waals surface area (Å²) >= 11 is 1.52. The predicted octanol–water partition coefficient (Wildman–Crippen LogP) is 1.97. The van der Waals surface area contributed by atoms with Gasteiger partial charge in [0.05, 0.1) is 29.9 Å². The van der Waals surface area contributed by atoms with E-state index in [2.05, 4.69) is 20.3 Å². The maximum Gasteiger partial charge on any atom is 0.337 e. The van der Waals surface area contributed by atoms with Gasteiger partial charge in [0.2, 0.25) is 5.91 Å². The number of rotatable bonds is 2. The van der Waals surface area contributed by atoms with Gasteiger partial charge in [-0.1, -0.05) is 12.1 Å². The maximum atomic E-state index is 11.7. The van der Waals surface area contributed by atoms with Crippen molar-refractivity contribution in [2.24, 2.45) is 0 Å². The van der Waals surface area contributed by atoms with Crippen molar-refractivity contribution >= 4 is 29.5 Å². The molecular weight excluding hydrogens is 290 g/mol. The summed E-state index contributed by atoms with van der Waals surface area (Å²) in [6, 6.07) is 7.19. The number of amides is 1. The van der Waals surface area contributed by atoms with Crippen molar-refractivity contribution in [3.05, 3.63) is 47.2 Å². The van der Waals surface area contributed by atoms with Gasteiger partial charge in [-0.25, -0.2) is 4.79 Å². The van der Waals surface area contributed by atoms with Gasteiger partial charge in [-0.2, -0.15) is 5.10 Å². The number of fused-ring (bicyclic) bond motifs is 1. The molecule has 7 heteroatoms. The van der Waals surface area contributed by atoms with E-state index < -0.39 is 0 Å². The van der Waals surface area contributed by atoms with Crippen LogP contribution >= 0.6 is 11.8 Å². The molecule has 0 spiro atoms. The van der Waals surface area contributed by atoms with E-state index in [4.69, 9.17) is 0 Å². The number of hydrogen-bond acceptors (Lipinski definition) is 5. The van der Waals surface area contributed by atoms with E-state index in [0.29, 0.717) is 17.1 Å². The average molecular weight is 303 g/mol. The number of carbonyl (C=O) groups excluding carboxylic acids is 2. The van der Waals surface area contributed by atoms with Crippen molar-refractivity contribution in [3.63, 3.8) is 0 Å². The largest absolute Gasteiger partial charge is 0.465 e. The van der Waals surface area contributed by atoms with E-state index in [0.717, 1.165) is 11.1 Å². The zero-order valence-corrected chi connectivity index (χ0v) is 12.1. The first kappa shape index (κ1) is 13.7. The Labute approximate surface area is 125 Å². The van der Waals surface area contributed by atoms with Crippen LogP contribution in [-0.4, -0.2) is 34.9 Å². The molecule has 0 unspecified atom stereocenters. The van der Waals surface area contributed by atoms with Crippen molar-refractivity contribution in [1.29, 1.82) is 0 Å². The number of benzene rings is 1. The molecule has 3 rings (SSSR count). The smallest absolute Gasteiger partial charge is 0.337 e. The van der Waals surface area contributed by atoms with Gasteiger partial charge in [0, 0.05) is 5.56 Å². The summed E-state index contributed by atoms with van der Waals surface area (Å²) in [5, 5.41) is 9.56. The second-order valence-electron chi connectivity index (χ2n) is 4.55. The minimum atomic E-state index is -0.365. The molecular formula is C14H13N3O3S. The Balaban J connectivity index is 1.93. The van der Waals surface area contributed by atoms with E-state index in [9.17, 15) is 9.59 Å². The van der Waals surface area contributed by atoms with Crippen LogP contribution in [-0.2, 0) is 9.53 Å². The predicted molar refractivity (Wildman–Crippen MR) is 79.3 cm³/mol. The lowest BCUT2D eigenvalue weighted by Gasteiger charge is -2.14. The zero-order valence-electron chi connectivity index (χ0n) is 11.3. The summed E-state index contributed by atoms with van der Waals surface area (Å²) in [7, 11) is 1.35. The molecule has 2 N–H and O–H groups in total. The molecule has 0 radical (unpaired) electrons. The molecule has 1 aromatic carbocycles. The van der Waals surface area contributed by atoms with Crippen LogP contribution in [0.15, 0.2) is 30.5 Å². The zero-order chi connectivity index (χ0) is 14.8. The number of ether oxygens (including phenoxy) is 1. The monoisotopic (exact) mass is 303 g/mol. The van der Waals surface area contributed by atoms with Gasteiger partial charge < -0.3 is 10.1 Å². The normalized spacial score (nSPS) is 17.6. The van der Waals surface area contributed by atoms with Crippen LogP contribution in [0.5, 0.6) is 0 Å². The number of esters is 1. The maximum absolute atomic E-state index is 11.7. The van der Waals surface area contributed by atoms with E-state index in [1.165, 1.54) is 18.9 Å². The molecule has 0 aliphatic carbocycles. The van der Waals surface area contributed by atoms with E-state index >= 15 is 0 Å². The fraction of sp³-hybridized carbons (Fsp3) is 0.214. The van der Waals surface area contributed by atoms with Crippen LogP contribution in [0.2, 0.25) is 0 Å². The number of methoxy groups -OCH3 is 1. The minimum absolute atomic E-state index is 0.00982. The third kappa shape index (κ3) is 2.64. The minimum Gasteiger partial charge on any atom is -0.465 e. The number of carbonyl (C=O) groups is 2. The first-order valence-corrected chi connectivity index (χ1v) is 7.37. The van der Waals surface area contributed by atoms with Gasteiger partial charge in [0.15, 0.2) is 0 Å². The molecule has 2 heterocycles. The van der Waals surface area contributed by atoms with Crippen molar-refractivity contribution in [3.8, 4) is 0 Å². The van der Waals surface area contributed by atoms with Gasteiger partial charge >= 0.3 is 5.97 Å². The summed E-state index contributed by atoms with van der Waals surface area (Å²) in [6.07, 6.45) is 1.72. The highest BCUT2D eigenvalue weighted by Gasteiger charge is 2.25. The lowest BCUT2D eigenvalue weighted by Crippen LogP contribution is -2.12. The van der Waals surface area contributed by atoms with Gasteiger partial charge in [0.25, 0.3) is 0 Å². The molecule has 1 aliphatic heterocycles. The van der Waals surface area contributed by atoms with Crippen LogP contribution in [0, 0.1) is 0 Å². The highest BCUT2D eigenvalue weighted by Crippen LogP contribution is 2.40. The summed E-state index contributed by atoms with van der Waals surface area (Å²) < 4.78 is 4.69. The van der Waals surface area contributed by atoms with Crippen LogP contribution in [0.3, 0.4) is 0 Å². The Morgan fingerprint density at radius 1 is 1.38 bits per heavy atom. The van der Waals surface area contributed by atoms with Crippen LogP contribution in [0.4, 0.5) is 5.82 Å². The average Bonchev–Trinajstić information content (AvgIpc) is 2.89. The molecule has 1 aromatic heterocycles. The SMILES string of the molecule is COC(=O)c1ccc([C@@H]2SCC(=O)Nc3[nH]ncc32)cc1. The summed E-state index contributed by atoms with van der Waals surface area (Å²) in [5.74, 6) is 0.577. The molecule has 0 bridgehead atoms. The number of nitrogens with one attached hydrogen (secondary N) is 2. The number of hydrogen-bond donors (Lipinski definition) is 2. The first-order valence-electron chi connectivity index (χ1n) is 6.32. The number of aromatic amines is 1. The quantitative estimate of drug-likeness (QED) is 0.829. The topological polar surface area (TPSA) is 84.1 Å². The van der Waals surface area contributed by atoms with E-state index in [1.807, 2.05) is 12.1 Å². The molecule has 2 aromatic rings. The molecule has 0 fully saturated rings. The van der Waals surface area contributed by atoms with Gasteiger partial charge in [-0.15, -0.1) is 11.8 Å². The summed E-state index contributed by atoms with van der Waals surface area (Å²) in [6.45, 7) is 0. The molecule has 1 atom stereocenters. The molecule has 108 valence electrons. The van der Waals surface area contributed by atoms with E-state index in [1.54, 1.807) is 18.3 Å². The Morgan fingerprint density at radius 2 is 2.14 bits per heavy atom. The van der Waals surface area contributed by atoms with Crippen LogP contribution in [0.25, 0.3) is 0 Å². The van der Waals surface area contributed by atoms with Gasteiger partial charge in [-0.05, 0) is 17.7 Å². The van der Waals surface area contributed by atoms with E-state index in [-0.39, 0.29) is 17.1 Å². The van der Waals surface area contributed by atoms with Crippen molar-refractivity contribution in [2.75, 3.05) is 18.2 Å². The fourth-order valence-corrected chi connectivity index (χ4v) is 3.30. The van der Waals surface area contributed by atoms with Gasteiger partial charge in [-0.3, -0.25) is 9.89 Å². The van der Waals surface area contributed by atoms with Crippen LogP contribution in [0.1, 0.15) is 26.7 Å². The number of aromatic nitrogens is 2. The Hall–Kier alpha value is -2.28. The van der Waals surface area contributed by atoms with Crippen molar-refractivity contribution < 1.29 is 14.3 Å². The lowest BCUT2D eigenvalue weighted by atomic mass is 10.0. The molecule has 1 amide bonds. The number of thioether (sulfide) groups is 1. The number of nitrogens with zero attached hydrogens (tertiary/aromatic N) is 1. The highest BCUT2D eigenvalue weighted by atomic mass is 32.2. The number of anilines is 1. The Bertz CT molecular complexity index is 681. The van der Waals surface area contributed by atoms with Crippen LogP contribution < -0.4 is 5.32 Å². The lowest BCUT2D eigenvalue weighted by molar-refractivity contribution is -0.113. The second-order valence-corrected chi connectivity index (χ2v) is 5.65. The number of H-pyrrole nitrogens is 1. The Kier molecular flexibility index (Phi) is 3.66. The first-order chi connectivity index (χ1) is 10.2. The highest BCUT2D eigenvalue weighted by molar-refractivity contribution is 8.00.